The van der Waals surface area contributed by atoms with Gasteiger partial charge >= 0.3 is 0 Å². The van der Waals surface area contributed by atoms with Crippen molar-refractivity contribution in [2.45, 2.75) is 0 Å². The minimum Gasteiger partial charge on any atom is -0.378 e. The lowest BCUT2D eigenvalue weighted by Crippen LogP contribution is -2.36. The van der Waals surface area contributed by atoms with Crippen molar-refractivity contribution in [1.82, 2.24) is 4.57 Å². The minimum atomic E-state index is -0.356. The third-order valence-corrected chi connectivity index (χ3v) is 5.62. The summed E-state index contributed by atoms with van der Waals surface area (Å²) in [5.41, 5.74) is 2.39. The number of nitrogens with one attached hydrogen (secondary N) is 1. The number of morpholine rings is 1. The zero-order chi connectivity index (χ0) is 19.0. The molecule has 1 aliphatic rings. The number of carbonyl (C=O) groups is 1. The number of aryl methyl sites for hydroxylation is 1. The lowest BCUT2D eigenvalue weighted by Gasteiger charge is -2.29. The molecule has 1 fully saturated rings. The van der Waals surface area contributed by atoms with Crippen LogP contribution in [0.5, 0.6) is 0 Å². The summed E-state index contributed by atoms with van der Waals surface area (Å²) in [6.07, 6.45) is 0. The standard InChI is InChI=1S/C20H19BrFN3O2/c1-24-16-5-3-2-4-14(16)18(21)19(24)20(26)23-13-6-7-17(15(22)12-13)25-8-10-27-11-9-25/h2-7,12H,8-11H2,1H3,(H,23,26). The van der Waals surface area contributed by atoms with E-state index in [1.165, 1.54) is 6.07 Å². The van der Waals surface area contributed by atoms with Gasteiger partial charge < -0.3 is 19.5 Å². The van der Waals surface area contributed by atoms with E-state index in [0.29, 0.717) is 43.4 Å². The molecule has 1 saturated heterocycles. The normalized spacial score (nSPS) is 14.6. The van der Waals surface area contributed by atoms with Crippen LogP contribution in [-0.4, -0.2) is 36.8 Å². The van der Waals surface area contributed by atoms with Gasteiger partial charge in [-0.3, -0.25) is 4.79 Å². The van der Waals surface area contributed by atoms with E-state index < -0.39 is 0 Å². The van der Waals surface area contributed by atoms with Crippen molar-refractivity contribution < 1.29 is 13.9 Å². The maximum atomic E-state index is 14.6. The van der Waals surface area contributed by atoms with Gasteiger partial charge in [0.15, 0.2) is 0 Å². The quantitative estimate of drug-likeness (QED) is 0.676. The third-order valence-electron chi connectivity index (χ3n) is 4.82. The van der Waals surface area contributed by atoms with Crippen LogP contribution in [-0.2, 0) is 11.8 Å². The Bertz CT molecular complexity index is 973. The molecule has 5 nitrogen and oxygen atoms in total. The lowest BCUT2D eigenvalue weighted by atomic mass is 10.2. The van der Waals surface area contributed by atoms with E-state index in [9.17, 15) is 9.18 Å². The van der Waals surface area contributed by atoms with Crippen LogP contribution in [0.25, 0.3) is 10.9 Å². The van der Waals surface area contributed by atoms with Crippen LogP contribution in [0.1, 0.15) is 10.5 Å². The molecule has 27 heavy (non-hydrogen) atoms. The summed E-state index contributed by atoms with van der Waals surface area (Å²) >= 11 is 3.52. The molecule has 0 atom stereocenters. The summed E-state index contributed by atoms with van der Waals surface area (Å²) in [5.74, 6) is -0.648. The van der Waals surface area contributed by atoms with Crippen LogP contribution in [0.4, 0.5) is 15.8 Å². The zero-order valence-electron chi connectivity index (χ0n) is 14.8. The molecule has 4 rings (SSSR count). The number of nitrogens with zero attached hydrogens (tertiary/aromatic N) is 2. The maximum absolute atomic E-state index is 14.6. The minimum absolute atomic E-state index is 0.293. The summed E-state index contributed by atoms with van der Waals surface area (Å²) in [7, 11) is 1.84. The van der Waals surface area contributed by atoms with Gasteiger partial charge in [-0.05, 0) is 40.2 Å². The molecule has 3 aromatic rings. The fraction of sp³-hybridized carbons (Fsp3) is 0.250. The Labute approximate surface area is 164 Å². The fourth-order valence-corrected chi connectivity index (χ4v) is 4.22. The molecule has 140 valence electrons. The van der Waals surface area contributed by atoms with Crippen molar-refractivity contribution >= 4 is 44.1 Å². The average molecular weight is 432 g/mol. The number of hydrogen-bond acceptors (Lipinski definition) is 3. The molecule has 7 heteroatoms. The Morgan fingerprint density at radius 1 is 1.19 bits per heavy atom. The molecule has 1 amide bonds. The lowest BCUT2D eigenvalue weighted by molar-refractivity contribution is 0.101. The van der Waals surface area contributed by atoms with Gasteiger partial charge in [0.1, 0.15) is 11.5 Å². The molecule has 0 spiro atoms. The van der Waals surface area contributed by atoms with E-state index in [2.05, 4.69) is 21.2 Å². The van der Waals surface area contributed by atoms with Crippen LogP contribution in [0.3, 0.4) is 0 Å². The summed E-state index contributed by atoms with van der Waals surface area (Å²) in [4.78, 5) is 14.8. The summed E-state index contributed by atoms with van der Waals surface area (Å²) in [6.45, 7) is 2.50. The first-order valence-corrected chi connectivity index (χ1v) is 9.52. The number of anilines is 2. The predicted molar refractivity (Wildman–Crippen MR) is 108 cm³/mol. The van der Waals surface area contributed by atoms with Crippen LogP contribution in [0.2, 0.25) is 0 Å². The molecular formula is C20H19BrFN3O2. The van der Waals surface area contributed by atoms with Crippen LogP contribution in [0.15, 0.2) is 46.9 Å². The van der Waals surface area contributed by atoms with E-state index in [1.54, 1.807) is 12.1 Å². The number of fused-ring (bicyclic) bond motifs is 1. The first-order chi connectivity index (χ1) is 13.1. The van der Waals surface area contributed by atoms with Gasteiger partial charge in [-0.1, -0.05) is 18.2 Å². The van der Waals surface area contributed by atoms with Crippen LogP contribution < -0.4 is 10.2 Å². The molecule has 0 bridgehead atoms. The highest BCUT2D eigenvalue weighted by molar-refractivity contribution is 9.10. The largest absolute Gasteiger partial charge is 0.378 e. The highest BCUT2D eigenvalue weighted by Gasteiger charge is 2.20. The van der Waals surface area contributed by atoms with Crippen molar-refractivity contribution in [2.24, 2.45) is 7.05 Å². The number of rotatable bonds is 3. The summed E-state index contributed by atoms with van der Waals surface area (Å²) in [5, 5.41) is 3.76. The number of aromatic nitrogens is 1. The second-order valence-electron chi connectivity index (χ2n) is 6.46. The first kappa shape index (κ1) is 18.0. The van der Waals surface area contributed by atoms with Crippen molar-refractivity contribution in [3.8, 4) is 0 Å². The van der Waals surface area contributed by atoms with E-state index >= 15 is 0 Å². The molecule has 0 radical (unpaired) electrons. The Hall–Kier alpha value is -2.38. The van der Waals surface area contributed by atoms with Gasteiger partial charge in [-0.25, -0.2) is 4.39 Å². The van der Waals surface area contributed by atoms with Crippen molar-refractivity contribution in [3.05, 3.63) is 58.4 Å². The molecule has 1 aromatic heterocycles. The van der Waals surface area contributed by atoms with Crippen molar-refractivity contribution in [3.63, 3.8) is 0 Å². The van der Waals surface area contributed by atoms with E-state index in [0.717, 1.165) is 15.4 Å². The molecule has 2 aromatic carbocycles. The van der Waals surface area contributed by atoms with Gasteiger partial charge in [-0.2, -0.15) is 0 Å². The number of ether oxygens (including phenoxy) is 1. The Kier molecular flexibility index (Phi) is 4.88. The highest BCUT2D eigenvalue weighted by atomic mass is 79.9. The zero-order valence-corrected chi connectivity index (χ0v) is 16.4. The molecule has 0 unspecified atom stereocenters. The molecule has 0 saturated carbocycles. The molecule has 1 aliphatic heterocycles. The SMILES string of the molecule is Cn1c(C(=O)Nc2ccc(N3CCOCC3)c(F)c2)c(Br)c2ccccc21. The Morgan fingerprint density at radius 3 is 2.63 bits per heavy atom. The first-order valence-electron chi connectivity index (χ1n) is 8.73. The number of benzene rings is 2. The third kappa shape index (κ3) is 3.33. The van der Waals surface area contributed by atoms with Crippen LogP contribution >= 0.6 is 15.9 Å². The molecule has 2 heterocycles. The average Bonchev–Trinajstić information content (AvgIpc) is 2.93. The van der Waals surface area contributed by atoms with E-state index in [1.807, 2.05) is 40.8 Å². The Balaban J connectivity index is 1.59. The fourth-order valence-electron chi connectivity index (χ4n) is 3.43. The topological polar surface area (TPSA) is 46.5 Å². The smallest absolute Gasteiger partial charge is 0.273 e. The predicted octanol–water partition coefficient (Wildman–Crippen LogP) is 4.17. The van der Waals surface area contributed by atoms with E-state index in [4.69, 9.17) is 4.74 Å². The van der Waals surface area contributed by atoms with Gasteiger partial charge in [0.25, 0.3) is 5.91 Å². The molecule has 1 N–H and O–H groups in total. The summed E-state index contributed by atoms with van der Waals surface area (Å²) < 4.78 is 22.4. The van der Waals surface area contributed by atoms with Crippen molar-refractivity contribution in [2.75, 3.05) is 36.5 Å². The monoisotopic (exact) mass is 431 g/mol. The van der Waals surface area contributed by atoms with Crippen molar-refractivity contribution in [1.29, 1.82) is 0 Å². The second-order valence-corrected chi connectivity index (χ2v) is 7.25. The molecule has 0 aliphatic carbocycles. The molecular weight excluding hydrogens is 413 g/mol. The van der Waals surface area contributed by atoms with Gasteiger partial charge in [-0.15, -0.1) is 0 Å². The Morgan fingerprint density at radius 2 is 1.93 bits per heavy atom. The van der Waals surface area contributed by atoms with Gasteiger partial charge in [0.2, 0.25) is 0 Å². The van der Waals surface area contributed by atoms with Gasteiger partial charge in [0.05, 0.1) is 23.4 Å². The van der Waals surface area contributed by atoms with Gasteiger partial charge in [0, 0.05) is 36.7 Å². The number of halogens is 2. The number of para-hydroxylation sites is 1. The highest BCUT2D eigenvalue weighted by Crippen LogP contribution is 2.31. The maximum Gasteiger partial charge on any atom is 0.273 e. The number of hydrogen-bond donors (Lipinski definition) is 1. The second kappa shape index (κ2) is 7.32. The van der Waals surface area contributed by atoms with Crippen LogP contribution in [0, 0.1) is 5.82 Å². The van der Waals surface area contributed by atoms with E-state index in [-0.39, 0.29) is 11.7 Å². The summed E-state index contributed by atoms with van der Waals surface area (Å²) in [6, 6.07) is 12.5. The number of amides is 1. The number of carbonyl (C=O) groups excluding carboxylic acids is 1.